The molecule has 0 fully saturated rings. The topological polar surface area (TPSA) is 59.8 Å². The van der Waals surface area contributed by atoms with Gasteiger partial charge < -0.3 is 9.88 Å². The number of fused-ring (bicyclic) bond motifs is 1. The van der Waals surface area contributed by atoms with Crippen molar-refractivity contribution in [3.8, 4) is 0 Å². The number of carbonyl (C=O) groups is 1. The zero-order chi connectivity index (χ0) is 18.7. The molecule has 6 heteroatoms. The molecule has 2 aromatic rings. The van der Waals surface area contributed by atoms with E-state index in [1.807, 2.05) is 19.1 Å². The second-order valence-corrected chi connectivity index (χ2v) is 9.25. The van der Waals surface area contributed by atoms with Crippen LogP contribution in [-0.4, -0.2) is 25.9 Å². The lowest BCUT2D eigenvalue weighted by molar-refractivity contribution is -0.115. The molecule has 26 heavy (non-hydrogen) atoms. The molecule has 0 bridgehead atoms. The third-order valence-corrected chi connectivity index (χ3v) is 5.83. The molecule has 1 unspecified atom stereocenters. The summed E-state index contributed by atoms with van der Waals surface area (Å²) in [4.78, 5) is 12.6. The molecule has 1 aromatic carbocycles. The first-order valence-electron chi connectivity index (χ1n) is 9.35. The minimum Gasteiger partial charge on any atom is -0.325 e. The third kappa shape index (κ3) is 4.47. The first-order chi connectivity index (χ1) is 12.3. The summed E-state index contributed by atoms with van der Waals surface area (Å²) in [6, 6.07) is 8.09. The Hall–Kier alpha value is -1.82. The first kappa shape index (κ1) is 19.0. The van der Waals surface area contributed by atoms with Gasteiger partial charge in [-0.3, -0.25) is 4.79 Å². The van der Waals surface area contributed by atoms with Crippen LogP contribution in [0.2, 0.25) is 0 Å². The molecule has 5 nitrogen and oxygen atoms in total. The first-order valence-corrected chi connectivity index (χ1v) is 10.2. The van der Waals surface area contributed by atoms with Crippen molar-refractivity contribution in [3.05, 3.63) is 35.7 Å². The van der Waals surface area contributed by atoms with Crippen molar-refractivity contribution < 1.29 is 4.79 Å². The molecule has 1 amide bonds. The smallest absolute Gasteiger partial charge is 0.237 e. The third-order valence-electron chi connectivity index (χ3n) is 4.75. The Morgan fingerprint density at radius 1 is 1.15 bits per heavy atom. The molecule has 0 saturated heterocycles. The van der Waals surface area contributed by atoms with Crippen LogP contribution >= 0.6 is 11.8 Å². The van der Waals surface area contributed by atoms with Gasteiger partial charge in [0, 0.05) is 18.7 Å². The average molecular weight is 373 g/mol. The van der Waals surface area contributed by atoms with E-state index >= 15 is 0 Å². The SMILES string of the molecule is CC(Sc1nnc2n1CCCCC2)C(=O)Nc1ccc(C(C)(C)C)cc1. The molecule has 1 N–H and O–H groups in total. The number of anilines is 1. The Morgan fingerprint density at radius 3 is 2.58 bits per heavy atom. The van der Waals surface area contributed by atoms with Crippen LogP contribution < -0.4 is 5.32 Å². The van der Waals surface area contributed by atoms with Gasteiger partial charge in [0.05, 0.1) is 5.25 Å². The fourth-order valence-corrected chi connectivity index (χ4v) is 3.95. The van der Waals surface area contributed by atoms with Crippen molar-refractivity contribution in [3.63, 3.8) is 0 Å². The highest BCUT2D eigenvalue weighted by atomic mass is 32.2. The summed E-state index contributed by atoms with van der Waals surface area (Å²) in [6.07, 6.45) is 4.53. The predicted molar refractivity (Wildman–Crippen MR) is 107 cm³/mol. The Bertz CT molecular complexity index is 761. The summed E-state index contributed by atoms with van der Waals surface area (Å²) in [7, 11) is 0. The number of aromatic nitrogens is 3. The van der Waals surface area contributed by atoms with Gasteiger partial charge in [0.1, 0.15) is 5.82 Å². The summed E-state index contributed by atoms with van der Waals surface area (Å²) in [6.45, 7) is 9.41. The van der Waals surface area contributed by atoms with Crippen molar-refractivity contribution in [2.45, 2.75) is 75.7 Å². The molecule has 1 aliphatic heterocycles. The highest BCUT2D eigenvalue weighted by Crippen LogP contribution is 2.27. The number of thioether (sulfide) groups is 1. The van der Waals surface area contributed by atoms with Crippen molar-refractivity contribution >= 4 is 23.4 Å². The predicted octanol–water partition coefficient (Wildman–Crippen LogP) is 4.42. The number of amides is 1. The van der Waals surface area contributed by atoms with Crippen molar-refractivity contribution in [2.24, 2.45) is 0 Å². The lowest BCUT2D eigenvalue weighted by atomic mass is 9.87. The molecule has 1 aliphatic rings. The maximum Gasteiger partial charge on any atom is 0.237 e. The summed E-state index contributed by atoms with van der Waals surface area (Å²) < 4.78 is 2.18. The quantitative estimate of drug-likeness (QED) is 0.807. The van der Waals surface area contributed by atoms with Gasteiger partial charge in [0.2, 0.25) is 5.91 Å². The maximum absolute atomic E-state index is 12.6. The molecule has 0 radical (unpaired) electrons. The summed E-state index contributed by atoms with van der Waals surface area (Å²) in [5.41, 5.74) is 2.19. The molecule has 0 aliphatic carbocycles. The van der Waals surface area contributed by atoms with Gasteiger partial charge in [0.15, 0.2) is 5.16 Å². The standard InChI is InChI=1S/C20H28N4OS/c1-14(26-19-23-22-17-8-6-5-7-13-24(17)19)18(25)21-16-11-9-15(10-12-16)20(2,3)4/h9-12,14H,5-8,13H2,1-4H3,(H,21,25). The number of hydrogen-bond donors (Lipinski definition) is 1. The van der Waals surface area contributed by atoms with Crippen molar-refractivity contribution in [1.29, 1.82) is 0 Å². The molecular formula is C20H28N4OS. The van der Waals surface area contributed by atoms with Crippen LogP contribution in [0.1, 0.15) is 58.3 Å². The fraction of sp³-hybridized carbons (Fsp3) is 0.550. The van der Waals surface area contributed by atoms with Crippen LogP contribution in [0.4, 0.5) is 5.69 Å². The zero-order valence-corrected chi connectivity index (χ0v) is 16.9. The highest BCUT2D eigenvalue weighted by molar-refractivity contribution is 8.00. The van der Waals surface area contributed by atoms with Gasteiger partial charge in [-0.2, -0.15) is 0 Å². The van der Waals surface area contributed by atoms with E-state index in [1.165, 1.54) is 30.2 Å². The van der Waals surface area contributed by atoms with E-state index in [0.717, 1.165) is 36.1 Å². The molecule has 3 rings (SSSR count). The number of rotatable bonds is 4. The van der Waals surface area contributed by atoms with Crippen molar-refractivity contribution in [2.75, 3.05) is 5.32 Å². The van der Waals surface area contributed by atoms with Crippen LogP contribution in [0.15, 0.2) is 29.4 Å². The van der Waals surface area contributed by atoms with Crippen LogP contribution in [0.25, 0.3) is 0 Å². The highest BCUT2D eigenvalue weighted by Gasteiger charge is 2.21. The molecule has 140 valence electrons. The number of aryl methyl sites for hydroxylation is 1. The van der Waals surface area contributed by atoms with E-state index in [9.17, 15) is 4.79 Å². The Balaban J connectivity index is 1.62. The summed E-state index contributed by atoms with van der Waals surface area (Å²) in [5, 5.41) is 12.2. The molecule has 0 saturated carbocycles. The van der Waals surface area contributed by atoms with Gasteiger partial charge >= 0.3 is 0 Å². The minimum atomic E-state index is -0.228. The van der Waals surface area contributed by atoms with E-state index in [-0.39, 0.29) is 16.6 Å². The Morgan fingerprint density at radius 2 is 1.88 bits per heavy atom. The fourth-order valence-electron chi connectivity index (χ4n) is 3.05. The second-order valence-electron chi connectivity index (χ2n) is 7.94. The Labute approximate surface area is 160 Å². The van der Waals surface area contributed by atoms with Gasteiger partial charge in [-0.25, -0.2) is 0 Å². The lowest BCUT2D eigenvalue weighted by Gasteiger charge is -2.19. The number of nitrogens with one attached hydrogen (secondary N) is 1. The summed E-state index contributed by atoms with van der Waals surface area (Å²) >= 11 is 1.49. The van der Waals surface area contributed by atoms with E-state index < -0.39 is 0 Å². The molecule has 1 atom stereocenters. The number of hydrogen-bond acceptors (Lipinski definition) is 4. The van der Waals surface area contributed by atoms with Crippen LogP contribution in [0, 0.1) is 0 Å². The van der Waals surface area contributed by atoms with E-state index in [2.05, 4.69) is 53.0 Å². The van der Waals surface area contributed by atoms with Gasteiger partial charge in [0.25, 0.3) is 0 Å². The molecule has 2 heterocycles. The number of carbonyl (C=O) groups excluding carboxylic acids is 1. The maximum atomic E-state index is 12.6. The number of benzene rings is 1. The largest absolute Gasteiger partial charge is 0.325 e. The number of nitrogens with zero attached hydrogens (tertiary/aromatic N) is 3. The van der Waals surface area contributed by atoms with Gasteiger partial charge in [-0.05, 0) is 42.9 Å². The minimum absolute atomic E-state index is 0.00974. The van der Waals surface area contributed by atoms with E-state index in [0.29, 0.717) is 0 Å². The average Bonchev–Trinajstić information content (AvgIpc) is 2.81. The lowest BCUT2D eigenvalue weighted by Crippen LogP contribution is -2.23. The molecule has 1 aromatic heterocycles. The summed E-state index contributed by atoms with van der Waals surface area (Å²) in [5.74, 6) is 1.04. The van der Waals surface area contributed by atoms with Crippen LogP contribution in [0.3, 0.4) is 0 Å². The Kier molecular flexibility index (Phi) is 5.70. The second kappa shape index (κ2) is 7.82. The van der Waals surface area contributed by atoms with E-state index in [1.54, 1.807) is 0 Å². The molecule has 0 spiro atoms. The normalized spacial score (nSPS) is 15.8. The van der Waals surface area contributed by atoms with Gasteiger partial charge in [-0.15, -0.1) is 10.2 Å². The molecular weight excluding hydrogens is 344 g/mol. The van der Waals surface area contributed by atoms with Crippen LogP contribution in [-0.2, 0) is 23.2 Å². The van der Waals surface area contributed by atoms with Crippen LogP contribution in [0.5, 0.6) is 0 Å². The monoisotopic (exact) mass is 372 g/mol. The van der Waals surface area contributed by atoms with Gasteiger partial charge in [-0.1, -0.05) is 51.1 Å². The van der Waals surface area contributed by atoms with Crippen molar-refractivity contribution in [1.82, 2.24) is 14.8 Å². The van der Waals surface area contributed by atoms with E-state index in [4.69, 9.17) is 0 Å². The zero-order valence-electron chi connectivity index (χ0n) is 16.1.